The highest BCUT2D eigenvalue weighted by Gasteiger charge is 2.37. The molecule has 28 heavy (non-hydrogen) atoms. The van der Waals surface area contributed by atoms with E-state index < -0.39 is 0 Å². The molecule has 7 nitrogen and oxygen atoms in total. The summed E-state index contributed by atoms with van der Waals surface area (Å²) in [6, 6.07) is 5.16. The molecule has 1 amide bonds. The fraction of sp³-hybridized carbons (Fsp3) is 0.421. The number of halogens is 1. The largest absolute Gasteiger partial charge is 0.284 e. The van der Waals surface area contributed by atoms with Crippen molar-refractivity contribution in [1.29, 1.82) is 0 Å². The van der Waals surface area contributed by atoms with Crippen LogP contribution in [0.1, 0.15) is 49.9 Å². The Morgan fingerprint density at radius 1 is 1.39 bits per heavy atom. The minimum atomic E-state index is -0.374. The van der Waals surface area contributed by atoms with E-state index in [-0.39, 0.29) is 23.7 Å². The standard InChI is InChI=1S/C19H21FN6OS/c1-3-18(27)25(19-21-9-10-28-19)16-6-4-5-14(16)13-7-8-17(15(20)11-13)26-12(2)22-23-24-26/h7-11,14,16H,3-6H2,1-2H3. The number of hydrogen-bond acceptors (Lipinski definition) is 6. The highest BCUT2D eigenvalue weighted by atomic mass is 32.1. The van der Waals surface area contributed by atoms with Crippen LogP contribution in [0.25, 0.3) is 5.69 Å². The van der Waals surface area contributed by atoms with E-state index in [0.717, 1.165) is 24.8 Å². The number of nitrogens with zero attached hydrogens (tertiary/aromatic N) is 6. The molecule has 1 aliphatic carbocycles. The number of aryl methyl sites for hydroxylation is 1. The van der Waals surface area contributed by atoms with Crippen molar-refractivity contribution in [2.24, 2.45) is 0 Å². The summed E-state index contributed by atoms with van der Waals surface area (Å²) >= 11 is 1.46. The molecule has 4 rings (SSSR count). The molecule has 1 aromatic carbocycles. The summed E-state index contributed by atoms with van der Waals surface area (Å²) in [4.78, 5) is 18.9. The molecule has 2 unspecified atom stereocenters. The quantitative estimate of drug-likeness (QED) is 0.653. The summed E-state index contributed by atoms with van der Waals surface area (Å²) in [6.45, 7) is 3.58. The molecular formula is C19H21FN6OS. The number of anilines is 1. The molecule has 1 aliphatic rings. The fourth-order valence-electron chi connectivity index (χ4n) is 3.96. The van der Waals surface area contributed by atoms with E-state index in [9.17, 15) is 9.18 Å². The molecule has 0 N–H and O–H groups in total. The van der Waals surface area contributed by atoms with Gasteiger partial charge in [-0.05, 0) is 47.9 Å². The minimum Gasteiger partial charge on any atom is -0.284 e. The van der Waals surface area contributed by atoms with Crippen LogP contribution in [0.2, 0.25) is 0 Å². The van der Waals surface area contributed by atoms with Gasteiger partial charge in [-0.15, -0.1) is 16.4 Å². The predicted molar refractivity (Wildman–Crippen MR) is 104 cm³/mol. The first-order valence-electron chi connectivity index (χ1n) is 9.36. The van der Waals surface area contributed by atoms with Crippen LogP contribution in [0, 0.1) is 12.7 Å². The number of hydrogen-bond donors (Lipinski definition) is 0. The maximum Gasteiger partial charge on any atom is 0.228 e. The smallest absolute Gasteiger partial charge is 0.228 e. The van der Waals surface area contributed by atoms with Gasteiger partial charge in [0.25, 0.3) is 0 Å². The van der Waals surface area contributed by atoms with Crippen molar-refractivity contribution < 1.29 is 9.18 Å². The average Bonchev–Trinajstić information content (AvgIpc) is 3.44. The van der Waals surface area contributed by atoms with Crippen LogP contribution in [0.3, 0.4) is 0 Å². The highest BCUT2D eigenvalue weighted by Crippen LogP contribution is 2.41. The van der Waals surface area contributed by atoms with Crippen molar-refractivity contribution in [3.8, 4) is 5.69 Å². The van der Waals surface area contributed by atoms with Gasteiger partial charge in [0.1, 0.15) is 11.5 Å². The summed E-state index contributed by atoms with van der Waals surface area (Å²) in [5.74, 6) is 0.265. The first-order chi connectivity index (χ1) is 13.6. The van der Waals surface area contributed by atoms with Gasteiger partial charge in [0.15, 0.2) is 11.0 Å². The first kappa shape index (κ1) is 18.7. The van der Waals surface area contributed by atoms with E-state index in [1.165, 1.54) is 16.0 Å². The third kappa shape index (κ3) is 3.30. The number of tetrazole rings is 1. The van der Waals surface area contributed by atoms with Gasteiger partial charge >= 0.3 is 0 Å². The van der Waals surface area contributed by atoms with E-state index >= 15 is 0 Å². The third-order valence-electron chi connectivity index (χ3n) is 5.26. The molecular weight excluding hydrogens is 379 g/mol. The summed E-state index contributed by atoms with van der Waals surface area (Å²) in [5, 5.41) is 13.8. The predicted octanol–water partition coefficient (Wildman–Crippen LogP) is 3.65. The number of thiazole rings is 1. The minimum absolute atomic E-state index is 0.0152. The van der Waals surface area contributed by atoms with E-state index in [1.807, 2.05) is 23.3 Å². The lowest BCUT2D eigenvalue weighted by Crippen LogP contribution is -2.41. The molecule has 0 radical (unpaired) electrons. The van der Waals surface area contributed by atoms with Gasteiger partial charge in [-0.1, -0.05) is 19.4 Å². The number of benzene rings is 1. The molecule has 9 heteroatoms. The Labute approximate surface area is 166 Å². The molecule has 0 bridgehead atoms. The molecule has 2 aromatic heterocycles. The molecule has 0 saturated heterocycles. The molecule has 0 aliphatic heterocycles. The normalized spacial score (nSPS) is 19.1. The zero-order valence-corrected chi connectivity index (χ0v) is 16.6. The topological polar surface area (TPSA) is 76.8 Å². The van der Waals surface area contributed by atoms with Crippen LogP contribution in [-0.2, 0) is 4.79 Å². The van der Waals surface area contributed by atoms with Gasteiger partial charge in [0.05, 0.1) is 0 Å². The van der Waals surface area contributed by atoms with E-state index in [2.05, 4.69) is 20.5 Å². The van der Waals surface area contributed by atoms with Crippen LogP contribution in [0.5, 0.6) is 0 Å². The zero-order chi connectivity index (χ0) is 19.7. The number of carbonyl (C=O) groups excluding carboxylic acids is 1. The average molecular weight is 400 g/mol. The number of aromatic nitrogens is 5. The number of rotatable bonds is 5. The maximum absolute atomic E-state index is 14.9. The molecule has 1 fully saturated rings. The van der Waals surface area contributed by atoms with Crippen LogP contribution in [0.4, 0.5) is 9.52 Å². The number of carbonyl (C=O) groups is 1. The van der Waals surface area contributed by atoms with Crippen LogP contribution in [0.15, 0.2) is 29.8 Å². The second kappa shape index (κ2) is 7.75. The Morgan fingerprint density at radius 3 is 2.89 bits per heavy atom. The monoisotopic (exact) mass is 400 g/mol. The lowest BCUT2D eigenvalue weighted by atomic mass is 9.92. The molecule has 146 valence electrons. The fourth-order valence-corrected chi connectivity index (χ4v) is 4.67. The van der Waals surface area contributed by atoms with Crippen molar-refractivity contribution in [3.63, 3.8) is 0 Å². The summed E-state index contributed by atoms with van der Waals surface area (Å²) in [7, 11) is 0. The Morgan fingerprint density at radius 2 is 2.25 bits per heavy atom. The highest BCUT2D eigenvalue weighted by molar-refractivity contribution is 7.13. The molecule has 3 aromatic rings. The van der Waals surface area contributed by atoms with E-state index in [4.69, 9.17) is 0 Å². The van der Waals surface area contributed by atoms with Crippen LogP contribution >= 0.6 is 11.3 Å². The Hall–Kier alpha value is -2.68. The second-order valence-corrected chi connectivity index (χ2v) is 7.76. The molecule has 2 heterocycles. The third-order valence-corrected chi connectivity index (χ3v) is 6.03. The van der Waals surface area contributed by atoms with Crippen molar-refractivity contribution in [2.45, 2.75) is 51.5 Å². The maximum atomic E-state index is 14.9. The SMILES string of the molecule is CCC(=O)N(c1nccs1)C1CCCC1c1ccc(-n2nnnc2C)c(F)c1. The lowest BCUT2D eigenvalue weighted by molar-refractivity contribution is -0.118. The summed E-state index contributed by atoms with van der Waals surface area (Å²) in [6.07, 6.45) is 4.90. The van der Waals surface area contributed by atoms with Gasteiger partial charge in [-0.25, -0.2) is 9.37 Å². The molecule has 2 atom stereocenters. The van der Waals surface area contributed by atoms with Crippen molar-refractivity contribution in [1.82, 2.24) is 25.2 Å². The van der Waals surface area contributed by atoms with E-state index in [1.54, 1.807) is 25.3 Å². The molecule has 0 spiro atoms. The van der Waals surface area contributed by atoms with Gasteiger partial charge in [0, 0.05) is 30.0 Å². The summed E-state index contributed by atoms with van der Waals surface area (Å²) in [5.41, 5.74) is 1.21. The van der Waals surface area contributed by atoms with E-state index in [0.29, 0.717) is 23.1 Å². The van der Waals surface area contributed by atoms with Crippen LogP contribution < -0.4 is 4.90 Å². The zero-order valence-electron chi connectivity index (χ0n) is 15.7. The van der Waals surface area contributed by atoms with Crippen LogP contribution in [-0.4, -0.2) is 37.1 Å². The Bertz CT molecular complexity index is 973. The lowest BCUT2D eigenvalue weighted by Gasteiger charge is -2.31. The van der Waals surface area contributed by atoms with Crippen molar-refractivity contribution in [2.75, 3.05) is 4.90 Å². The first-order valence-corrected chi connectivity index (χ1v) is 10.2. The molecule has 1 saturated carbocycles. The van der Waals surface area contributed by atoms with Gasteiger partial charge in [-0.3, -0.25) is 9.69 Å². The second-order valence-electron chi connectivity index (χ2n) is 6.89. The number of amides is 1. The van der Waals surface area contributed by atoms with Gasteiger partial charge in [0.2, 0.25) is 5.91 Å². The Balaban J connectivity index is 1.67. The van der Waals surface area contributed by atoms with Gasteiger partial charge in [-0.2, -0.15) is 4.68 Å². The van der Waals surface area contributed by atoms with Crippen molar-refractivity contribution >= 4 is 22.4 Å². The summed E-state index contributed by atoms with van der Waals surface area (Å²) < 4.78 is 16.2. The van der Waals surface area contributed by atoms with Gasteiger partial charge < -0.3 is 0 Å². The van der Waals surface area contributed by atoms with Crippen molar-refractivity contribution in [3.05, 3.63) is 47.0 Å². The Kier molecular flexibility index (Phi) is 5.17.